The lowest BCUT2D eigenvalue weighted by Gasteiger charge is -2.34. The third-order valence-corrected chi connectivity index (χ3v) is 3.25. The number of rotatable bonds is 4. The maximum absolute atomic E-state index is 5.70. The zero-order chi connectivity index (χ0) is 10.7. The van der Waals surface area contributed by atoms with Crippen molar-refractivity contribution in [3.63, 3.8) is 0 Å². The molecule has 0 unspecified atom stereocenters. The molecule has 1 aliphatic rings. The first-order valence-corrected chi connectivity index (χ1v) is 5.99. The van der Waals surface area contributed by atoms with Gasteiger partial charge in [-0.2, -0.15) is 0 Å². The highest BCUT2D eigenvalue weighted by Gasteiger charge is 2.28. The van der Waals surface area contributed by atoms with Crippen LogP contribution in [0, 0.1) is 5.92 Å². The summed E-state index contributed by atoms with van der Waals surface area (Å²) in [4.78, 5) is 4.25. The first-order chi connectivity index (χ1) is 7.28. The van der Waals surface area contributed by atoms with E-state index in [-0.39, 0.29) is 0 Å². The van der Waals surface area contributed by atoms with E-state index in [1.807, 2.05) is 12.1 Å². The molecule has 3 nitrogen and oxygen atoms in total. The van der Waals surface area contributed by atoms with Gasteiger partial charge < -0.3 is 10.5 Å². The van der Waals surface area contributed by atoms with Crippen LogP contribution >= 0.6 is 15.9 Å². The number of pyridine rings is 1. The van der Waals surface area contributed by atoms with E-state index < -0.39 is 0 Å². The number of halogens is 1. The van der Waals surface area contributed by atoms with E-state index in [0.29, 0.717) is 18.6 Å². The number of nitrogens with two attached hydrogens (primary N) is 1. The molecule has 1 fully saturated rings. The molecule has 0 bridgehead atoms. The number of hydrogen-bond donors (Lipinski definition) is 1. The normalized spacial score (nSPS) is 24.9. The van der Waals surface area contributed by atoms with Gasteiger partial charge >= 0.3 is 0 Å². The van der Waals surface area contributed by atoms with E-state index in [1.165, 1.54) is 0 Å². The zero-order valence-electron chi connectivity index (χ0n) is 8.53. The van der Waals surface area contributed by atoms with Crippen LogP contribution in [0.15, 0.2) is 22.8 Å². The standard InChI is InChI=1S/C11H15BrN2O/c12-9-1-2-10(14-6-9)7-15-11-3-8(4-11)5-13/h1-2,6,8,11H,3-5,7,13H2. The Hall–Kier alpha value is -0.450. The number of nitrogens with zero attached hydrogens (tertiary/aromatic N) is 1. The summed E-state index contributed by atoms with van der Waals surface area (Å²) in [6.45, 7) is 1.39. The van der Waals surface area contributed by atoms with Gasteiger partial charge in [-0.15, -0.1) is 0 Å². The Morgan fingerprint density at radius 2 is 2.27 bits per heavy atom. The molecule has 2 N–H and O–H groups in total. The van der Waals surface area contributed by atoms with Crippen LogP contribution in [0.25, 0.3) is 0 Å². The molecule has 15 heavy (non-hydrogen) atoms. The lowest BCUT2D eigenvalue weighted by molar-refractivity contribution is -0.0387. The highest BCUT2D eigenvalue weighted by molar-refractivity contribution is 9.10. The molecular formula is C11H15BrN2O. The van der Waals surface area contributed by atoms with E-state index in [1.54, 1.807) is 6.20 Å². The molecule has 1 aromatic rings. The highest BCUT2D eigenvalue weighted by Crippen LogP contribution is 2.29. The molecule has 4 heteroatoms. The summed E-state index contributed by atoms with van der Waals surface area (Å²) in [5.41, 5.74) is 6.53. The fourth-order valence-electron chi connectivity index (χ4n) is 1.70. The Kier molecular flexibility index (Phi) is 3.72. The minimum absolute atomic E-state index is 0.393. The van der Waals surface area contributed by atoms with Crippen LogP contribution in [0.4, 0.5) is 0 Å². The second kappa shape index (κ2) is 5.05. The van der Waals surface area contributed by atoms with Crippen LogP contribution in [0.3, 0.4) is 0 Å². The lowest BCUT2D eigenvalue weighted by Crippen LogP contribution is -2.35. The summed E-state index contributed by atoms with van der Waals surface area (Å²) < 4.78 is 6.70. The van der Waals surface area contributed by atoms with Crippen molar-refractivity contribution in [2.75, 3.05) is 6.54 Å². The summed E-state index contributed by atoms with van der Waals surface area (Å²) in [7, 11) is 0. The second-order valence-corrected chi connectivity index (χ2v) is 4.89. The largest absolute Gasteiger partial charge is 0.372 e. The molecular weight excluding hydrogens is 256 g/mol. The summed E-state index contributed by atoms with van der Waals surface area (Å²) in [5, 5.41) is 0. The molecule has 0 saturated heterocycles. The minimum atomic E-state index is 0.393. The molecule has 0 aromatic carbocycles. The van der Waals surface area contributed by atoms with Crippen molar-refractivity contribution in [1.29, 1.82) is 0 Å². The fraction of sp³-hybridized carbons (Fsp3) is 0.545. The molecule has 0 aliphatic heterocycles. The van der Waals surface area contributed by atoms with Crippen LogP contribution in [0.5, 0.6) is 0 Å². The number of hydrogen-bond acceptors (Lipinski definition) is 3. The molecule has 2 rings (SSSR count). The molecule has 82 valence electrons. The van der Waals surface area contributed by atoms with Crippen molar-refractivity contribution >= 4 is 15.9 Å². The molecule has 0 atom stereocenters. The maximum Gasteiger partial charge on any atom is 0.0891 e. The summed E-state index contributed by atoms with van der Waals surface area (Å²) in [5.74, 6) is 0.674. The van der Waals surface area contributed by atoms with Crippen LogP contribution < -0.4 is 5.73 Å². The first-order valence-electron chi connectivity index (χ1n) is 5.20. The average molecular weight is 271 g/mol. The highest BCUT2D eigenvalue weighted by atomic mass is 79.9. The fourth-order valence-corrected chi connectivity index (χ4v) is 1.93. The van der Waals surface area contributed by atoms with Gasteiger partial charge in [0.2, 0.25) is 0 Å². The van der Waals surface area contributed by atoms with E-state index in [0.717, 1.165) is 29.6 Å². The van der Waals surface area contributed by atoms with Gasteiger partial charge in [0.25, 0.3) is 0 Å². The SMILES string of the molecule is NCC1CC(OCc2ccc(Br)cn2)C1. The zero-order valence-corrected chi connectivity index (χ0v) is 10.1. The third kappa shape index (κ3) is 3.00. The van der Waals surface area contributed by atoms with Crippen LogP contribution in [-0.4, -0.2) is 17.6 Å². The summed E-state index contributed by atoms with van der Waals surface area (Å²) in [6, 6.07) is 3.96. The lowest BCUT2D eigenvalue weighted by atomic mass is 9.82. The molecule has 1 heterocycles. The van der Waals surface area contributed by atoms with E-state index in [4.69, 9.17) is 10.5 Å². The Labute approximate surface area is 98.2 Å². The van der Waals surface area contributed by atoms with E-state index in [9.17, 15) is 0 Å². The Bertz CT molecular complexity index is 309. The van der Waals surface area contributed by atoms with Gasteiger partial charge in [-0.1, -0.05) is 0 Å². The van der Waals surface area contributed by atoms with Crippen molar-refractivity contribution in [3.8, 4) is 0 Å². The van der Waals surface area contributed by atoms with Crippen LogP contribution in [0.2, 0.25) is 0 Å². The topological polar surface area (TPSA) is 48.1 Å². The third-order valence-electron chi connectivity index (χ3n) is 2.78. The predicted molar refractivity (Wildman–Crippen MR) is 62.3 cm³/mol. The van der Waals surface area contributed by atoms with Gasteiger partial charge in [0.15, 0.2) is 0 Å². The van der Waals surface area contributed by atoms with Crippen molar-refractivity contribution in [2.24, 2.45) is 11.7 Å². The quantitative estimate of drug-likeness (QED) is 0.912. The first kappa shape index (κ1) is 11.0. The maximum atomic E-state index is 5.70. The smallest absolute Gasteiger partial charge is 0.0891 e. The van der Waals surface area contributed by atoms with E-state index in [2.05, 4.69) is 20.9 Å². The van der Waals surface area contributed by atoms with Crippen molar-refractivity contribution in [1.82, 2.24) is 4.98 Å². The molecule has 0 spiro atoms. The average Bonchev–Trinajstić information content (AvgIpc) is 2.19. The molecule has 0 amide bonds. The monoisotopic (exact) mass is 270 g/mol. The van der Waals surface area contributed by atoms with Gasteiger partial charge in [-0.25, -0.2) is 0 Å². The Balaban J connectivity index is 1.72. The summed E-state index contributed by atoms with van der Waals surface area (Å²) in [6.07, 6.45) is 4.39. The van der Waals surface area contributed by atoms with Crippen molar-refractivity contribution < 1.29 is 4.74 Å². The Morgan fingerprint density at radius 1 is 1.47 bits per heavy atom. The van der Waals surface area contributed by atoms with Gasteiger partial charge in [0.05, 0.1) is 18.4 Å². The number of ether oxygens (including phenoxy) is 1. The number of aromatic nitrogens is 1. The molecule has 1 aromatic heterocycles. The van der Waals surface area contributed by atoms with Gasteiger partial charge in [-0.05, 0) is 53.4 Å². The van der Waals surface area contributed by atoms with Gasteiger partial charge in [-0.3, -0.25) is 4.98 Å². The molecule has 1 aliphatic carbocycles. The van der Waals surface area contributed by atoms with Crippen LogP contribution in [0.1, 0.15) is 18.5 Å². The Morgan fingerprint density at radius 3 is 2.87 bits per heavy atom. The summed E-state index contributed by atoms with van der Waals surface area (Å²) >= 11 is 3.35. The van der Waals surface area contributed by atoms with Gasteiger partial charge in [0.1, 0.15) is 0 Å². The van der Waals surface area contributed by atoms with Crippen LogP contribution in [-0.2, 0) is 11.3 Å². The molecule has 1 saturated carbocycles. The van der Waals surface area contributed by atoms with Crippen molar-refractivity contribution in [2.45, 2.75) is 25.6 Å². The minimum Gasteiger partial charge on any atom is -0.372 e. The second-order valence-electron chi connectivity index (χ2n) is 3.97. The molecule has 0 radical (unpaired) electrons. The van der Waals surface area contributed by atoms with Crippen molar-refractivity contribution in [3.05, 3.63) is 28.5 Å². The van der Waals surface area contributed by atoms with Gasteiger partial charge in [0, 0.05) is 10.7 Å². The predicted octanol–water partition coefficient (Wildman–Crippen LogP) is 2.10. The van der Waals surface area contributed by atoms with E-state index >= 15 is 0 Å².